The fourth-order valence-corrected chi connectivity index (χ4v) is 3.72. The topological polar surface area (TPSA) is 150 Å². The number of benzene rings is 3. The smallest absolute Gasteiger partial charge is 0.319 e. The van der Waals surface area contributed by atoms with Crippen LogP contribution in [0.25, 0.3) is 0 Å². The molecule has 3 aromatic rings. The van der Waals surface area contributed by atoms with E-state index in [4.69, 9.17) is 18.9 Å². The molecule has 0 spiro atoms. The van der Waals surface area contributed by atoms with Gasteiger partial charge in [0.2, 0.25) is 0 Å². The predicted octanol–water partition coefficient (Wildman–Crippen LogP) is 5.37. The van der Waals surface area contributed by atoms with Crippen LogP contribution in [0.3, 0.4) is 0 Å². The highest BCUT2D eigenvalue weighted by molar-refractivity contribution is 6.07. The van der Waals surface area contributed by atoms with Crippen molar-refractivity contribution in [1.29, 1.82) is 0 Å². The Balaban J connectivity index is 1.75. The molecule has 3 N–H and O–H groups in total. The van der Waals surface area contributed by atoms with E-state index in [1.165, 1.54) is 18.2 Å². The number of nitrogens with zero attached hydrogens (tertiary/aromatic N) is 1. The number of urea groups is 1. The number of nitrogens with one attached hydrogen (secondary N) is 3. The van der Waals surface area contributed by atoms with Gasteiger partial charge in [-0.3, -0.25) is 14.9 Å². The summed E-state index contributed by atoms with van der Waals surface area (Å²) in [5.74, 6) is 0.925. The van der Waals surface area contributed by atoms with Gasteiger partial charge in [0.05, 0.1) is 43.5 Å². The van der Waals surface area contributed by atoms with Gasteiger partial charge in [-0.05, 0) is 69.3 Å². The zero-order valence-electron chi connectivity index (χ0n) is 22.7. The fourth-order valence-electron chi connectivity index (χ4n) is 3.72. The van der Waals surface area contributed by atoms with Crippen molar-refractivity contribution in [3.05, 3.63) is 75.8 Å². The molecule has 212 valence electrons. The Morgan fingerprint density at radius 1 is 0.800 bits per heavy atom. The number of nitro benzene ring substituents is 1. The number of methoxy groups -OCH3 is 1. The molecular formula is C28H32N4O8. The second-order valence-electron chi connectivity index (χ2n) is 8.19. The van der Waals surface area contributed by atoms with Gasteiger partial charge in [-0.2, -0.15) is 0 Å². The highest BCUT2D eigenvalue weighted by Gasteiger charge is 2.21. The normalized spacial score (nSPS) is 10.3. The van der Waals surface area contributed by atoms with Crippen molar-refractivity contribution in [1.82, 2.24) is 5.32 Å². The van der Waals surface area contributed by atoms with Crippen molar-refractivity contribution in [2.45, 2.75) is 27.3 Å². The van der Waals surface area contributed by atoms with E-state index in [-0.39, 0.29) is 42.5 Å². The molecule has 0 aliphatic rings. The third kappa shape index (κ3) is 7.76. The summed E-state index contributed by atoms with van der Waals surface area (Å²) < 4.78 is 21.7. The lowest BCUT2D eigenvalue weighted by Crippen LogP contribution is -2.28. The zero-order chi connectivity index (χ0) is 29.1. The van der Waals surface area contributed by atoms with Crippen LogP contribution in [0, 0.1) is 10.1 Å². The molecule has 0 aliphatic carbocycles. The van der Waals surface area contributed by atoms with E-state index in [1.807, 2.05) is 0 Å². The van der Waals surface area contributed by atoms with E-state index in [0.717, 1.165) is 0 Å². The van der Waals surface area contributed by atoms with Gasteiger partial charge in [0.1, 0.15) is 17.2 Å². The Bertz CT molecular complexity index is 1340. The van der Waals surface area contributed by atoms with E-state index < -0.39 is 16.9 Å². The summed E-state index contributed by atoms with van der Waals surface area (Å²) in [5.41, 5.74) is 1.41. The molecule has 0 heterocycles. The first-order chi connectivity index (χ1) is 19.3. The highest BCUT2D eigenvalue weighted by Crippen LogP contribution is 2.35. The molecule has 3 aromatic carbocycles. The number of carbonyl (C=O) groups is 2. The van der Waals surface area contributed by atoms with Crippen LogP contribution in [-0.2, 0) is 6.54 Å². The zero-order valence-corrected chi connectivity index (χ0v) is 22.7. The van der Waals surface area contributed by atoms with E-state index in [0.29, 0.717) is 35.0 Å². The number of amides is 3. The van der Waals surface area contributed by atoms with E-state index in [9.17, 15) is 19.7 Å². The predicted molar refractivity (Wildman–Crippen MR) is 150 cm³/mol. The van der Waals surface area contributed by atoms with Crippen LogP contribution in [0.5, 0.6) is 23.0 Å². The van der Waals surface area contributed by atoms with Crippen molar-refractivity contribution >= 4 is 29.0 Å². The van der Waals surface area contributed by atoms with Crippen LogP contribution >= 0.6 is 0 Å². The Morgan fingerprint density at radius 2 is 1.43 bits per heavy atom. The third-order valence-electron chi connectivity index (χ3n) is 5.51. The van der Waals surface area contributed by atoms with Crippen molar-refractivity contribution in [3.8, 4) is 23.0 Å². The molecule has 0 radical (unpaired) electrons. The summed E-state index contributed by atoms with van der Waals surface area (Å²) in [5, 5.41) is 19.7. The van der Waals surface area contributed by atoms with Crippen LogP contribution in [0.15, 0.2) is 54.6 Å². The summed E-state index contributed by atoms with van der Waals surface area (Å²) in [6.07, 6.45) is 0. The lowest BCUT2D eigenvalue weighted by atomic mass is 10.1. The number of hydrogen-bond acceptors (Lipinski definition) is 8. The SMILES string of the molecule is CCOc1cc([N+](=O)[O-])c(OCC)cc1CNC(=O)Nc1ccc(OCC)c(C(=O)Nc2ccc(OC)cc2)c1. The molecule has 40 heavy (non-hydrogen) atoms. The van der Waals surface area contributed by atoms with E-state index in [1.54, 1.807) is 64.3 Å². The minimum absolute atomic E-state index is 0.00107. The number of ether oxygens (including phenoxy) is 4. The molecule has 3 amide bonds. The molecule has 0 aliphatic heterocycles. The van der Waals surface area contributed by atoms with Crippen LogP contribution < -0.4 is 34.9 Å². The first-order valence-corrected chi connectivity index (χ1v) is 12.6. The number of nitro groups is 1. The third-order valence-corrected chi connectivity index (χ3v) is 5.51. The summed E-state index contributed by atoms with van der Waals surface area (Å²) in [7, 11) is 1.55. The molecular weight excluding hydrogens is 520 g/mol. The van der Waals surface area contributed by atoms with Gasteiger partial charge >= 0.3 is 11.7 Å². The summed E-state index contributed by atoms with van der Waals surface area (Å²) in [6, 6.07) is 13.8. The molecule has 0 aromatic heterocycles. The molecule has 0 atom stereocenters. The summed E-state index contributed by atoms with van der Waals surface area (Å²) in [6.45, 7) is 6.12. The minimum atomic E-state index is -0.565. The van der Waals surface area contributed by atoms with Gasteiger partial charge < -0.3 is 34.9 Å². The number of anilines is 2. The van der Waals surface area contributed by atoms with Gasteiger partial charge in [0.25, 0.3) is 5.91 Å². The van der Waals surface area contributed by atoms with Crippen molar-refractivity contribution < 1.29 is 33.5 Å². The molecule has 12 nitrogen and oxygen atoms in total. The molecule has 0 saturated heterocycles. The van der Waals surface area contributed by atoms with Gasteiger partial charge in [-0.15, -0.1) is 0 Å². The quantitative estimate of drug-likeness (QED) is 0.189. The maximum atomic E-state index is 13.0. The monoisotopic (exact) mass is 552 g/mol. The largest absolute Gasteiger partial charge is 0.497 e. The average Bonchev–Trinajstić information content (AvgIpc) is 2.94. The number of hydrogen-bond donors (Lipinski definition) is 3. The maximum absolute atomic E-state index is 13.0. The Morgan fingerprint density at radius 3 is 2.05 bits per heavy atom. The summed E-state index contributed by atoms with van der Waals surface area (Å²) >= 11 is 0. The maximum Gasteiger partial charge on any atom is 0.319 e. The first-order valence-electron chi connectivity index (χ1n) is 12.6. The Kier molecular flexibility index (Phi) is 10.5. The standard InChI is InChI=1S/C28H32N4O8/c1-5-38-24-13-10-20(15-22(24)27(33)30-19-8-11-21(37-4)12-9-19)31-28(34)29-17-18-14-26(40-7-3)23(32(35)36)16-25(18)39-6-2/h8-16H,5-7,17H2,1-4H3,(H,30,33)(H2,29,31,34). The van der Waals surface area contributed by atoms with Crippen LogP contribution in [-0.4, -0.2) is 43.8 Å². The van der Waals surface area contributed by atoms with Gasteiger partial charge in [0.15, 0.2) is 5.75 Å². The molecule has 0 fully saturated rings. The van der Waals surface area contributed by atoms with Crippen molar-refractivity contribution in [2.75, 3.05) is 37.6 Å². The second-order valence-corrected chi connectivity index (χ2v) is 8.19. The van der Waals surface area contributed by atoms with Crippen LogP contribution in [0.2, 0.25) is 0 Å². The van der Waals surface area contributed by atoms with Gasteiger partial charge in [-0.25, -0.2) is 4.79 Å². The van der Waals surface area contributed by atoms with Crippen LogP contribution in [0.1, 0.15) is 36.7 Å². The Hall–Kier alpha value is -5.00. The highest BCUT2D eigenvalue weighted by atomic mass is 16.6. The number of rotatable bonds is 13. The summed E-state index contributed by atoms with van der Waals surface area (Å²) in [4.78, 5) is 36.7. The molecule has 0 bridgehead atoms. The van der Waals surface area contributed by atoms with E-state index >= 15 is 0 Å². The fraction of sp³-hybridized carbons (Fsp3) is 0.286. The molecule has 0 saturated carbocycles. The van der Waals surface area contributed by atoms with Crippen LogP contribution in [0.4, 0.5) is 21.9 Å². The molecule has 12 heteroatoms. The molecule has 3 rings (SSSR count). The van der Waals surface area contributed by atoms with Crippen molar-refractivity contribution in [2.24, 2.45) is 0 Å². The lowest BCUT2D eigenvalue weighted by Gasteiger charge is -2.15. The van der Waals surface area contributed by atoms with Gasteiger partial charge in [-0.1, -0.05) is 0 Å². The van der Waals surface area contributed by atoms with E-state index in [2.05, 4.69) is 16.0 Å². The second kappa shape index (κ2) is 14.2. The average molecular weight is 553 g/mol. The number of carbonyl (C=O) groups excluding carboxylic acids is 2. The first kappa shape index (κ1) is 29.6. The van der Waals surface area contributed by atoms with Crippen molar-refractivity contribution in [3.63, 3.8) is 0 Å². The minimum Gasteiger partial charge on any atom is -0.497 e. The lowest BCUT2D eigenvalue weighted by molar-refractivity contribution is -0.385. The van der Waals surface area contributed by atoms with Gasteiger partial charge in [0, 0.05) is 23.5 Å². The molecule has 0 unspecified atom stereocenters. The Labute approximate surface area is 231 Å².